The van der Waals surface area contributed by atoms with Crippen molar-refractivity contribution in [2.75, 3.05) is 0 Å². The summed E-state index contributed by atoms with van der Waals surface area (Å²) in [4.78, 5) is 0. The molecule has 0 spiro atoms. The highest BCUT2D eigenvalue weighted by Crippen LogP contribution is 2.30. The van der Waals surface area contributed by atoms with Crippen LogP contribution in [0.5, 0.6) is 0 Å². The topological polar surface area (TPSA) is 0 Å². The molecule has 0 aliphatic carbocycles. The number of hydrogen-bond acceptors (Lipinski definition) is 0. The minimum absolute atomic E-state index is 0.674. The van der Waals surface area contributed by atoms with Gasteiger partial charge in [0.25, 0.3) is 0 Å². The van der Waals surface area contributed by atoms with E-state index in [1.54, 1.807) is 5.56 Å². The van der Waals surface area contributed by atoms with Gasteiger partial charge in [-0.2, -0.15) is 0 Å². The van der Waals surface area contributed by atoms with Crippen molar-refractivity contribution in [2.24, 2.45) is 0 Å². The fourth-order valence-corrected chi connectivity index (χ4v) is 5.08. The Kier molecular flexibility index (Phi) is 16.5. The minimum Gasteiger partial charge on any atom is -0.0820 e. The van der Waals surface area contributed by atoms with Crippen LogP contribution in [-0.2, 0) is 0 Å². The summed E-state index contributed by atoms with van der Waals surface area (Å²) in [5, 5.41) is 0. The zero-order valence-electron chi connectivity index (χ0n) is 19.2. The summed E-state index contributed by atoms with van der Waals surface area (Å²) in [6.07, 6.45) is 23.1. The van der Waals surface area contributed by atoms with E-state index in [-0.39, 0.29) is 0 Å². The lowest BCUT2D eigenvalue weighted by Crippen LogP contribution is -2.10. The summed E-state index contributed by atoms with van der Waals surface area (Å²) in [6.45, 7) is 6.96. The number of rotatable bonds is 18. The molecular formula is C27H47I. The molecular weight excluding hydrogens is 451 g/mol. The lowest BCUT2D eigenvalue weighted by molar-refractivity contribution is 0.525. The van der Waals surface area contributed by atoms with Crippen LogP contribution < -0.4 is 0 Å². The van der Waals surface area contributed by atoms with Crippen LogP contribution in [0.1, 0.15) is 134 Å². The maximum absolute atomic E-state index is 2.69. The van der Waals surface area contributed by atoms with Crippen molar-refractivity contribution in [2.45, 2.75) is 133 Å². The van der Waals surface area contributed by atoms with Gasteiger partial charge in [0, 0.05) is 3.92 Å². The molecule has 1 aromatic carbocycles. The molecule has 28 heavy (non-hydrogen) atoms. The zero-order chi connectivity index (χ0) is 20.5. The molecule has 0 heterocycles. The van der Waals surface area contributed by atoms with Gasteiger partial charge < -0.3 is 0 Å². The van der Waals surface area contributed by atoms with Gasteiger partial charge in [-0.1, -0.05) is 157 Å². The second-order valence-corrected chi connectivity index (χ2v) is 10.5. The first-order valence-corrected chi connectivity index (χ1v) is 13.6. The van der Waals surface area contributed by atoms with E-state index in [1.807, 2.05) is 0 Å². The highest BCUT2D eigenvalue weighted by atomic mass is 127. The Bertz CT molecular complexity index is 467. The van der Waals surface area contributed by atoms with Gasteiger partial charge in [0.2, 0.25) is 0 Å². The first kappa shape index (κ1) is 26.0. The van der Waals surface area contributed by atoms with Crippen LogP contribution in [0.25, 0.3) is 0 Å². The smallest absolute Gasteiger partial charge is 0.0176 e. The molecule has 2 unspecified atom stereocenters. The van der Waals surface area contributed by atoms with E-state index in [1.165, 1.54) is 108 Å². The van der Waals surface area contributed by atoms with Crippen LogP contribution >= 0.6 is 22.6 Å². The molecule has 1 rings (SSSR count). The molecule has 0 aliphatic heterocycles. The van der Waals surface area contributed by atoms with Crippen LogP contribution in [0, 0.1) is 6.92 Å². The Labute approximate surface area is 190 Å². The summed E-state index contributed by atoms with van der Waals surface area (Å²) in [5.41, 5.74) is 3.00. The summed E-state index contributed by atoms with van der Waals surface area (Å²) in [6, 6.07) is 8.92. The van der Waals surface area contributed by atoms with Gasteiger partial charge in [-0.15, -0.1) is 0 Å². The van der Waals surface area contributed by atoms with Gasteiger partial charge in [0.15, 0.2) is 0 Å². The molecule has 0 aromatic heterocycles. The van der Waals surface area contributed by atoms with Crippen molar-refractivity contribution < 1.29 is 0 Å². The molecule has 0 radical (unpaired) electrons. The lowest BCUT2D eigenvalue weighted by atomic mass is 9.91. The van der Waals surface area contributed by atoms with Crippen molar-refractivity contribution in [3.8, 4) is 0 Å². The van der Waals surface area contributed by atoms with E-state index in [9.17, 15) is 0 Å². The molecule has 0 saturated carbocycles. The second-order valence-electron chi connectivity index (χ2n) is 8.90. The Morgan fingerprint density at radius 2 is 1.11 bits per heavy atom. The van der Waals surface area contributed by atoms with Crippen molar-refractivity contribution in [3.63, 3.8) is 0 Å². The molecule has 0 aliphatic rings. The zero-order valence-corrected chi connectivity index (χ0v) is 21.3. The summed E-state index contributed by atoms with van der Waals surface area (Å²) < 4.78 is 0.765. The Morgan fingerprint density at radius 3 is 1.57 bits per heavy atom. The Balaban J connectivity index is 1.89. The molecule has 0 saturated heterocycles. The average Bonchev–Trinajstić information content (AvgIpc) is 2.70. The van der Waals surface area contributed by atoms with E-state index in [4.69, 9.17) is 0 Å². The first-order valence-electron chi connectivity index (χ1n) is 12.4. The predicted molar refractivity (Wildman–Crippen MR) is 137 cm³/mol. The molecule has 0 N–H and O–H groups in total. The number of unbranched alkanes of at least 4 members (excludes halogenated alkanes) is 14. The minimum atomic E-state index is 0.674. The fourth-order valence-electron chi connectivity index (χ4n) is 4.25. The third-order valence-electron chi connectivity index (χ3n) is 6.31. The van der Waals surface area contributed by atoms with Crippen LogP contribution in [0.3, 0.4) is 0 Å². The largest absolute Gasteiger partial charge is 0.0820 e. The third-order valence-corrected chi connectivity index (χ3v) is 8.01. The average molecular weight is 499 g/mol. The van der Waals surface area contributed by atoms with Gasteiger partial charge in [-0.3, -0.25) is 0 Å². The van der Waals surface area contributed by atoms with Crippen molar-refractivity contribution in [3.05, 3.63) is 35.4 Å². The van der Waals surface area contributed by atoms with Gasteiger partial charge in [0.1, 0.15) is 0 Å². The monoisotopic (exact) mass is 498 g/mol. The highest BCUT2D eigenvalue weighted by Gasteiger charge is 2.16. The molecule has 1 heteroatoms. The highest BCUT2D eigenvalue weighted by molar-refractivity contribution is 14.1. The van der Waals surface area contributed by atoms with E-state index in [0.29, 0.717) is 5.92 Å². The van der Waals surface area contributed by atoms with Crippen LogP contribution in [-0.4, -0.2) is 3.92 Å². The maximum Gasteiger partial charge on any atom is 0.0176 e. The number of halogens is 1. The third kappa shape index (κ3) is 12.5. The SMILES string of the molecule is CCCCCCCCCCCCCCCCCC(I)C(C)c1ccccc1C. The van der Waals surface area contributed by atoms with E-state index >= 15 is 0 Å². The van der Waals surface area contributed by atoms with Crippen LogP contribution in [0.2, 0.25) is 0 Å². The summed E-state index contributed by atoms with van der Waals surface area (Å²) in [7, 11) is 0. The number of aryl methyl sites for hydroxylation is 1. The number of hydrogen-bond donors (Lipinski definition) is 0. The van der Waals surface area contributed by atoms with Gasteiger partial charge in [0.05, 0.1) is 0 Å². The van der Waals surface area contributed by atoms with Crippen molar-refractivity contribution >= 4 is 22.6 Å². The number of alkyl halides is 1. The lowest BCUT2D eigenvalue weighted by Gasteiger charge is -2.20. The van der Waals surface area contributed by atoms with Crippen LogP contribution in [0.15, 0.2) is 24.3 Å². The molecule has 0 amide bonds. The molecule has 162 valence electrons. The number of benzene rings is 1. The molecule has 2 atom stereocenters. The first-order chi connectivity index (χ1) is 13.7. The molecule has 0 fully saturated rings. The van der Waals surface area contributed by atoms with Crippen molar-refractivity contribution in [1.82, 2.24) is 0 Å². The fraction of sp³-hybridized carbons (Fsp3) is 0.778. The summed E-state index contributed by atoms with van der Waals surface area (Å²) >= 11 is 2.69. The summed E-state index contributed by atoms with van der Waals surface area (Å²) in [5.74, 6) is 0.674. The van der Waals surface area contributed by atoms with Gasteiger partial charge in [-0.05, 0) is 30.4 Å². The van der Waals surface area contributed by atoms with E-state index < -0.39 is 0 Å². The second kappa shape index (κ2) is 17.8. The Morgan fingerprint density at radius 1 is 0.679 bits per heavy atom. The predicted octanol–water partition coefficient (Wildman–Crippen LogP) is 10.2. The normalized spacial score (nSPS) is 13.6. The van der Waals surface area contributed by atoms with Gasteiger partial charge in [-0.25, -0.2) is 0 Å². The van der Waals surface area contributed by atoms with E-state index in [2.05, 4.69) is 67.6 Å². The molecule has 0 bridgehead atoms. The molecule has 0 nitrogen and oxygen atoms in total. The van der Waals surface area contributed by atoms with E-state index in [0.717, 1.165) is 3.92 Å². The van der Waals surface area contributed by atoms with Gasteiger partial charge >= 0.3 is 0 Å². The Hall–Kier alpha value is -0.0500. The maximum atomic E-state index is 2.69. The quantitative estimate of drug-likeness (QED) is 0.107. The molecule has 1 aromatic rings. The van der Waals surface area contributed by atoms with Crippen LogP contribution in [0.4, 0.5) is 0 Å². The van der Waals surface area contributed by atoms with Crippen molar-refractivity contribution in [1.29, 1.82) is 0 Å². The standard InChI is InChI=1S/C27H47I/c1-4-5-6-7-8-9-10-11-12-13-14-15-16-17-18-23-27(28)25(3)26-22-20-19-21-24(26)2/h19-22,25,27H,4-18,23H2,1-3H3.